The fourth-order valence-corrected chi connectivity index (χ4v) is 6.67. The fraction of sp³-hybridized carbons (Fsp3) is 0.552. The van der Waals surface area contributed by atoms with Crippen LogP contribution in [0.15, 0.2) is 23.0 Å². The molecule has 0 spiro atoms. The SMILES string of the molecule is COCCN(Cc1cc(O)c2c(c1F)C[C@H]1C[C@H]3[C@H](N(C)C)C(=O)C(C(N)=O)=C(O)[C@@]3(O)C(=O)C1=C2O)CC(C)C. The molecule has 0 aromatic heterocycles. The van der Waals surface area contributed by atoms with Crippen molar-refractivity contribution in [2.45, 2.75) is 44.9 Å². The summed E-state index contributed by atoms with van der Waals surface area (Å²) in [5.74, 6) is -8.04. The van der Waals surface area contributed by atoms with E-state index in [1.807, 2.05) is 18.7 Å². The van der Waals surface area contributed by atoms with Crippen LogP contribution >= 0.6 is 0 Å². The second-order valence-corrected chi connectivity index (χ2v) is 11.8. The van der Waals surface area contributed by atoms with Gasteiger partial charge in [0.1, 0.15) is 28.7 Å². The molecule has 0 unspecified atom stereocenters. The number of nitrogens with zero attached hydrogens (tertiary/aromatic N) is 2. The van der Waals surface area contributed by atoms with Crippen LogP contribution in [0.25, 0.3) is 5.76 Å². The third-order valence-corrected chi connectivity index (χ3v) is 8.36. The van der Waals surface area contributed by atoms with E-state index in [0.29, 0.717) is 19.7 Å². The number of carbonyl (C=O) groups is 3. The topological polar surface area (TPSA) is 174 Å². The van der Waals surface area contributed by atoms with Gasteiger partial charge in [0.15, 0.2) is 11.4 Å². The Labute approximate surface area is 237 Å². The minimum absolute atomic E-state index is 0.0156. The molecular weight excluding hydrogens is 537 g/mol. The fourth-order valence-electron chi connectivity index (χ4n) is 6.67. The number of phenolic OH excluding ortho intramolecular Hbond substituents is 1. The van der Waals surface area contributed by atoms with Crippen molar-refractivity contribution in [2.24, 2.45) is 23.5 Å². The number of hydrogen-bond donors (Lipinski definition) is 5. The Hall–Kier alpha value is -3.32. The molecule has 3 aliphatic rings. The van der Waals surface area contributed by atoms with Crippen LogP contribution in [-0.2, 0) is 32.1 Å². The number of carbonyl (C=O) groups excluding carboxylic acids is 3. The number of Topliss-reactive ketones (excluding diaryl/α,β-unsaturated/α-hetero) is 2. The molecule has 4 atom stereocenters. The van der Waals surface area contributed by atoms with Gasteiger partial charge >= 0.3 is 0 Å². The number of primary amides is 1. The van der Waals surface area contributed by atoms with Gasteiger partial charge in [0, 0.05) is 49.4 Å². The van der Waals surface area contributed by atoms with E-state index in [9.17, 15) is 34.8 Å². The molecular formula is C29H38FN3O8. The lowest BCUT2D eigenvalue weighted by Crippen LogP contribution is -2.65. The summed E-state index contributed by atoms with van der Waals surface area (Å²) >= 11 is 0. The van der Waals surface area contributed by atoms with E-state index in [4.69, 9.17) is 10.5 Å². The van der Waals surface area contributed by atoms with Crippen molar-refractivity contribution in [2.75, 3.05) is 40.9 Å². The number of likely N-dealkylation sites (N-methyl/N-ethyl adjacent to an activating group) is 1. The molecule has 0 radical (unpaired) electrons. The summed E-state index contributed by atoms with van der Waals surface area (Å²) in [4.78, 5) is 42.5. The molecule has 12 heteroatoms. The quantitative estimate of drug-likeness (QED) is 0.269. The van der Waals surface area contributed by atoms with E-state index in [-0.39, 0.29) is 47.6 Å². The highest BCUT2D eigenvalue weighted by molar-refractivity contribution is 6.24. The Balaban J connectivity index is 1.84. The maximum absolute atomic E-state index is 16.1. The van der Waals surface area contributed by atoms with Crippen molar-refractivity contribution in [3.05, 3.63) is 45.5 Å². The van der Waals surface area contributed by atoms with Crippen molar-refractivity contribution in [3.8, 4) is 5.75 Å². The average Bonchev–Trinajstić information content (AvgIpc) is 2.86. The van der Waals surface area contributed by atoms with E-state index in [1.165, 1.54) is 25.1 Å². The van der Waals surface area contributed by atoms with Crippen molar-refractivity contribution >= 4 is 23.2 Å². The third-order valence-electron chi connectivity index (χ3n) is 8.36. The molecule has 11 nitrogen and oxygen atoms in total. The van der Waals surface area contributed by atoms with E-state index in [2.05, 4.69) is 0 Å². The average molecular weight is 576 g/mol. The lowest BCUT2D eigenvalue weighted by atomic mass is 9.57. The van der Waals surface area contributed by atoms with Crippen LogP contribution in [0.3, 0.4) is 0 Å². The highest BCUT2D eigenvalue weighted by atomic mass is 19.1. The maximum atomic E-state index is 16.1. The molecule has 0 saturated heterocycles. The zero-order chi connectivity index (χ0) is 30.5. The molecule has 1 aromatic carbocycles. The Bertz CT molecular complexity index is 1350. The number of nitrogens with two attached hydrogens (primary N) is 1. The number of aromatic hydroxyl groups is 1. The summed E-state index contributed by atoms with van der Waals surface area (Å²) in [5, 5.41) is 44.8. The molecule has 6 N–H and O–H groups in total. The molecule has 0 aliphatic heterocycles. The normalized spacial score (nSPS) is 26.1. The van der Waals surface area contributed by atoms with Crippen LogP contribution in [0, 0.1) is 23.6 Å². The van der Waals surface area contributed by atoms with Gasteiger partial charge in [0.2, 0.25) is 5.78 Å². The predicted molar refractivity (Wildman–Crippen MR) is 146 cm³/mol. The van der Waals surface area contributed by atoms with Crippen molar-refractivity contribution in [1.82, 2.24) is 9.80 Å². The first-order valence-electron chi connectivity index (χ1n) is 13.6. The highest BCUT2D eigenvalue weighted by Gasteiger charge is 2.64. The number of phenols is 1. The van der Waals surface area contributed by atoms with Gasteiger partial charge in [0.05, 0.1) is 18.2 Å². The number of benzene rings is 1. The first-order chi connectivity index (χ1) is 19.2. The number of aliphatic hydroxyl groups is 3. The summed E-state index contributed by atoms with van der Waals surface area (Å²) < 4.78 is 21.2. The first kappa shape index (κ1) is 30.6. The Morgan fingerprint density at radius 2 is 1.90 bits per heavy atom. The number of halogens is 1. The number of methoxy groups -OCH3 is 1. The largest absolute Gasteiger partial charge is 0.508 e. The zero-order valence-electron chi connectivity index (χ0n) is 23.9. The number of amides is 1. The van der Waals surface area contributed by atoms with Gasteiger partial charge in [-0.25, -0.2) is 4.39 Å². The summed E-state index contributed by atoms with van der Waals surface area (Å²) in [6, 6.07) is 0.00236. The van der Waals surface area contributed by atoms with Gasteiger partial charge in [-0.3, -0.25) is 24.2 Å². The highest BCUT2D eigenvalue weighted by Crippen LogP contribution is 2.53. The van der Waals surface area contributed by atoms with Gasteiger partial charge in [-0.15, -0.1) is 0 Å². The van der Waals surface area contributed by atoms with E-state index in [1.54, 1.807) is 7.11 Å². The van der Waals surface area contributed by atoms with Gasteiger partial charge in [-0.05, 0) is 44.8 Å². The van der Waals surface area contributed by atoms with Gasteiger partial charge < -0.3 is 30.9 Å². The second-order valence-electron chi connectivity index (χ2n) is 11.8. The van der Waals surface area contributed by atoms with Crippen LogP contribution in [0.5, 0.6) is 5.75 Å². The minimum atomic E-state index is -2.74. The molecule has 1 amide bonds. The minimum Gasteiger partial charge on any atom is -0.508 e. The first-order valence-corrected chi connectivity index (χ1v) is 13.6. The lowest BCUT2D eigenvalue weighted by molar-refractivity contribution is -0.153. The second kappa shape index (κ2) is 11.2. The molecule has 3 aliphatic carbocycles. The van der Waals surface area contributed by atoms with Crippen molar-refractivity contribution < 1.29 is 43.9 Å². The van der Waals surface area contributed by atoms with Gasteiger partial charge in [-0.2, -0.15) is 0 Å². The summed E-state index contributed by atoms with van der Waals surface area (Å²) in [7, 11) is 4.61. The summed E-state index contributed by atoms with van der Waals surface area (Å²) in [6.45, 7) is 5.84. The third kappa shape index (κ3) is 4.92. The van der Waals surface area contributed by atoms with Crippen LogP contribution in [0.1, 0.15) is 37.0 Å². The van der Waals surface area contributed by atoms with Gasteiger partial charge in [-0.1, -0.05) is 13.8 Å². The number of hydrogen-bond acceptors (Lipinski definition) is 10. The Morgan fingerprint density at radius 3 is 2.46 bits per heavy atom. The van der Waals surface area contributed by atoms with E-state index < -0.39 is 69.6 Å². The molecule has 0 bridgehead atoms. The van der Waals surface area contributed by atoms with Crippen LogP contribution in [-0.4, -0.2) is 100 Å². The van der Waals surface area contributed by atoms with Crippen LogP contribution < -0.4 is 5.73 Å². The Morgan fingerprint density at radius 1 is 1.24 bits per heavy atom. The smallest absolute Gasteiger partial charge is 0.255 e. The van der Waals surface area contributed by atoms with Gasteiger partial charge in [0.25, 0.3) is 5.91 Å². The van der Waals surface area contributed by atoms with E-state index in [0.717, 1.165) is 0 Å². The number of ether oxygens (including phenoxy) is 1. The standard InChI is InChI=1S/C29H38FN3O8/c1-13(2)11-33(6-7-41-5)12-15-10-18(34)20-16(22(15)30)8-14-9-17-23(32(3)4)25(36)21(28(31)39)27(38)29(17,40)26(37)19(14)24(20)35/h10,13-14,17,23,34-35,38,40H,6-9,11-12H2,1-5H3,(H2,31,39)/t14-,17-,23-,29-/m0/s1. The molecule has 41 heavy (non-hydrogen) atoms. The maximum Gasteiger partial charge on any atom is 0.255 e. The zero-order valence-corrected chi connectivity index (χ0v) is 23.9. The Kier molecular flexibility index (Phi) is 8.34. The number of rotatable bonds is 9. The molecule has 224 valence electrons. The number of ketones is 2. The number of aliphatic hydroxyl groups excluding tert-OH is 2. The van der Waals surface area contributed by atoms with Crippen LogP contribution in [0.4, 0.5) is 4.39 Å². The predicted octanol–water partition coefficient (Wildman–Crippen LogP) is 1.21. The molecule has 1 saturated carbocycles. The lowest BCUT2D eigenvalue weighted by Gasteiger charge is -2.50. The molecule has 1 aromatic rings. The van der Waals surface area contributed by atoms with Crippen LogP contribution in [0.2, 0.25) is 0 Å². The summed E-state index contributed by atoms with van der Waals surface area (Å²) in [5.41, 5.74) is 1.34. The van der Waals surface area contributed by atoms with Crippen molar-refractivity contribution in [3.63, 3.8) is 0 Å². The molecule has 0 heterocycles. The van der Waals surface area contributed by atoms with Crippen molar-refractivity contribution in [1.29, 1.82) is 0 Å². The number of fused-ring (bicyclic) bond motifs is 3. The molecule has 4 rings (SSSR count). The van der Waals surface area contributed by atoms with E-state index >= 15 is 4.39 Å². The molecule has 1 fully saturated rings. The monoisotopic (exact) mass is 575 g/mol. The summed E-state index contributed by atoms with van der Waals surface area (Å²) in [6.07, 6.45) is -0.215.